The molecule has 1 aliphatic rings. The molecule has 6 heteroatoms. The molecule has 0 spiro atoms. The predicted molar refractivity (Wildman–Crippen MR) is 79.4 cm³/mol. The topological polar surface area (TPSA) is 69.6 Å². The van der Waals surface area contributed by atoms with Crippen LogP contribution in [-0.2, 0) is 5.54 Å². The number of halogens is 1. The molecule has 0 amide bonds. The summed E-state index contributed by atoms with van der Waals surface area (Å²) in [5.74, 6) is 0.703. The molecule has 106 valence electrons. The Balaban J connectivity index is 2.08. The quantitative estimate of drug-likeness (QED) is 0.862. The number of para-hydroxylation sites is 1. The third kappa shape index (κ3) is 2.16. The van der Waals surface area contributed by atoms with E-state index < -0.39 is 0 Å². The summed E-state index contributed by atoms with van der Waals surface area (Å²) in [7, 11) is 0. The van der Waals surface area contributed by atoms with Crippen molar-refractivity contribution < 1.29 is 0 Å². The van der Waals surface area contributed by atoms with Gasteiger partial charge < -0.3 is 5.73 Å². The van der Waals surface area contributed by atoms with Crippen molar-refractivity contribution in [2.45, 2.75) is 44.6 Å². The molecular weight excluding hydrogens is 274 g/mol. The van der Waals surface area contributed by atoms with Crippen LogP contribution in [0.15, 0.2) is 18.2 Å². The van der Waals surface area contributed by atoms with Gasteiger partial charge in [0.25, 0.3) is 0 Å². The summed E-state index contributed by atoms with van der Waals surface area (Å²) in [5, 5.41) is 12.8. The monoisotopic (exact) mass is 291 g/mol. The van der Waals surface area contributed by atoms with E-state index in [1.807, 2.05) is 16.8 Å². The van der Waals surface area contributed by atoms with Crippen molar-refractivity contribution in [3.63, 3.8) is 0 Å². The van der Waals surface area contributed by atoms with Crippen LogP contribution in [0.1, 0.15) is 39.0 Å². The number of benzene rings is 1. The lowest BCUT2D eigenvalue weighted by Gasteiger charge is -2.34. The average molecular weight is 292 g/mol. The Morgan fingerprint density at radius 3 is 2.75 bits per heavy atom. The maximum atomic E-state index is 6.10. The number of nitrogens with two attached hydrogens (primary N) is 1. The van der Waals surface area contributed by atoms with Crippen molar-refractivity contribution in [2.75, 3.05) is 5.73 Å². The predicted octanol–water partition coefficient (Wildman–Crippen LogP) is 3.26. The Morgan fingerprint density at radius 1 is 1.25 bits per heavy atom. The van der Waals surface area contributed by atoms with Crippen molar-refractivity contribution in [3.05, 3.63) is 23.2 Å². The van der Waals surface area contributed by atoms with Gasteiger partial charge in [0.05, 0.1) is 16.2 Å². The smallest absolute Gasteiger partial charge is 0.184 e. The zero-order valence-electron chi connectivity index (χ0n) is 11.5. The highest BCUT2D eigenvalue weighted by Crippen LogP contribution is 2.38. The van der Waals surface area contributed by atoms with Crippen LogP contribution >= 0.6 is 11.6 Å². The molecule has 0 radical (unpaired) electrons. The first-order chi connectivity index (χ1) is 9.62. The highest BCUT2D eigenvalue weighted by Gasteiger charge is 2.33. The second-order valence-corrected chi connectivity index (χ2v) is 6.08. The molecule has 1 fully saturated rings. The van der Waals surface area contributed by atoms with E-state index in [2.05, 4.69) is 22.4 Å². The van der Waals surface area contributed by atoms with Gasteiger partial charge in [-0.15, -0.1) is 5.10 Å². The highest BCUT2D eigenvalue weighted by atomic mass is 35.5. The molecule has 0 bridgehead atoms. The maximum absolute atomic E-state index is 6.10. The van der Waals surface area contributed by atoms with Crippen molar-refractivity contribution in [3.8, 4) is 11.4 Å². The maximum Gasteiger partial charge on any atom is 0.184 e. The van der Waals surface area contributed by atoms with Gasteiger partial charge in [-0.05, 0) is 42.3 Å². The molecule has 5 nitrogen and oxygen atoms in total. The first-order valence-corrected chi connectivity index (χ1v) is 7.33. The fraction of sp³-hybridized carbons (Fsp3) is 0.500. The molecule has 1 aliphatic carbocycles. The van der Waals surface area contributed by atoms with Gasteiger partial charge in [-0.1, -0.05) is 36.9 Å². The average Bonchev–Trinajstić information content (AvgIpc) is 2.93. The summed E-state index contributed by atoms with van der Waals surface area (Å²) >= 11 is 6.10. The lowest BCUT2D eigenvalue weighted by Crippen LogP contribution is -2.34. The Kier molecular flexibility index (Phi) is 3.38. The highest BCUT2D eigenvalue weighted by molar-refractivity contribution is 6.33. The van der Waals surface area contributed by atoms with E-state index >= 15 is 0 Å². The number of hydrogen-bond donors (Lipinski definition) is 1. The van der Waals surface area contributed by atoms with Crippen LogP contribution in [0, 0.1) is 0 Å². The largest absolute Gasteiger partial charge is 0.397 e. The van der Waals surface area contributed by atoms with Gasteiger partial charge >= 0.3 is 0 Å². The van der Waals surface area contributed by atoms with Crippen molar-refractivity contribution in [1.82, 2.24) is 20.2 Å². The van der Waals surface area contributed by atoms with E-state index in [-0.39, 0.29) is 5.54 Å². The molecule has 3 rings (SSSR count). The third-order valence-corrected chi connectivity index (χ3v) is 4.53. The summed E-state index contributed by atoms with van der Waals surface area (Å²) < 4.78 is 1.92. The van der Waals surface area contributed by atoms with E-state index in [0.717, 1.165) is 18.4 Å². The SMILES string of the molecule is CC1(n2nnnc2-c2cccc(Cl)c2N)CCCCC1. The number of rotatable bonds is 2. The zero-order chi connectivity index (χ0) is 14.2. The van der Waals surface area contributed by atoms with Crippen LogP contribution in [0.25, 0.3) is 11.4 Å². The summed E-state index contributed by atoms with van der Waals surface area (Å²) in [4.78, 5) is 0. The molecular formula is C14H18ClN5. The third-order valence-electron chi connectivity index (χ3n) is 4.21. The molecule has 0 unspecified atom stereocenters. The first-order valence-electron chi connectivity index (χ1n) is 6.95. The Morgan fingerprint density at radius 2 is 2.00 bits per heavy atom. The Bertz CT molecular complexity index is 616. The zero-order valence-corrected chi connectivity index (χ0v) is 12.3. The minimum atomic E-state index is -0.0359. The molecule has 2 N–H and O–H groups in total. The van der Waals surface area contributed by atoms with Gasteiger partial charge in [-0.25, -0.2) is 4.68 Å². The van der Waals surface area contributed by atoms with Gasteiger partial charge in [0, 0.05) is 5.56 Å². The molecule has 0 aliphatic heterocycles. The Labute approximate surface area is 123 Å². The lowest BCUT2D eigenvalue weighted by atomic mass is 9.83. The summed E-state index contributed by atoms with van der Waals surface area (Å²) in [6, 6.07) is 5.56. The molecule has 20 heavy (non-hydrogen) atoms. The number of nitrogens with zero attached hydrogens (tertiary/aromatic N) is 4. The second kappa shape index (κ2) is 5.05. The minimum absolute atomic E-state index is 0.0359. The number of tetrazole rings is 1. The van der Waals surface area contributed by atoms with Crippen LogP contribution in [0.3, 0.4) is 0 Å². The number of aromatic nitrogens is 4. The van der Waals surface area contributed by atoms with Crippen LogP contribution in [0.5, 0.6) is 0 Å². The van der Waals surface area contributed by atoms with E-state index in [1.165, 1.54) is 19.3 Å². The van der Waals surface area contributed by atoms with Crippen molar-refractivity contribution in [1.29, 1.82) is 0 Å². The summed E-state index contributed by atoms with van der Waals surface area (Å²) in [6.07, 6.45) is 5.88. The summed E-state index contributed by atoms with van der Waals surface area (Å²) in [5.41, 5.74) is 7.37. The molecule has 2 aromatic rings. The number of hydrogen-bond acceptors (Lipinski definition) is 4. The van der Waals surface area contributed by atoms with Crippen LogP contribution < -0.4 is 5.73 Å². The van der Waals surface area contributed by atoms with Gasteiger partial charge in [-0.2, -0.15) is 0 Å². The van der Waals surface area contributed by atoms with Gasteiger partial charge in [0.2, 0.25) is 0 Å². The van der Waals surface area contributed by atoms with Gasteiger partial charge in [0.1, 0.15) is 0 Å². The van der Waals surface area contributed by atoms with E-state index in [9.17, 15) is 0 Å². The van der Waals surface area contributed by atoms with Crippen LogP contribution in [0.4, 0.5) is 5.69 Å². The fourth-order valence-corrected chi connectivity index (χ4v) is 3.15. The lowest BCUT2D eigenvalue weighted by molar-refractivity contribution is 0.197. The fourth-order valence-electron chi connectivity index (χ4n) is 2.98. The molecule has 0 saturated heterocycles. The standard InChI is InChI=1S/C14H18ClN5/c1-14(8-3-2-4-9-14)20-13(17-18-19-20)10-6-5-7-11(15)12(10)16/h5-7H,2-4,8-9,16H2,1H3. The molecule has 1 aromatic carbocycles. The van der Waals surface area contributed by atoms with Gasteiger partial charge in [0.15, 0.2) is 5.82 Å². The van der Waals surface area contributed by atoms with Crippen LogP contribution in [0.2, 0.25) is 5.02 Å². The normalized spacial score (nSPS) is 18.1. The van der Waals surface area contributed by atoms with E-state index in [0.29, 0.717) is 16.5 Å². The van der Waals surface area contributed by atoms with Crippen LogP contribution in [-0.4, -0.2) is 20.2 Å². The minimum Gasteiger partial charge on any atom is -0.397 e. The number of anilines is 1. The Hall–Kier alpha value is -1.62. The molecule has 1 aromatic heterocycles. The molecule has 0 atom stereocenters. The van der Waals surface area contributed by atoms with Gasteiger partial charge in [-0.3, -0.25) is 0 Å². The molecule has 1 saturated carbocycles. The molecule has 1 heterocycles. The van der Waals surface area contributed by atoms with E-state index in [4.69, 9.17) is 17.3 Å². The number of nitrogen functional groups attached to an aromatic ring is 1. The summed E-state index contributed by atoms with van der Waals surface area (Å²) in [6.45, 7) is 2.22. The van der Waals surface area contributed by atoms with Crippen molar-refractivity contribution >= 4 is 17.3 Å². The second-order valence-electron chi connectivity index (χ2n) is 5.67. The first kappa shape index (κ1) is 13.4. The van der Waals surface area contributed by atoms with E-state index in [1.54, 1.807) is 6.07 Å². The van der Waals surface area contributed by atoms with Crippen molar-refractivity contribution in [2.24, 2.45) is 0 Å².